The van der Waals surface area contributed by atoms with Gasteiger partial charge in [0.05, 0.1) is 6.33 Å². The summed E-state index contributed by atoms with van der Waals surface area (Å²) < 4.78 is 1.86. The van der Waals surface area contributed by atoms with Crippen molar-refractivity contribution in [2.75, 3.05) is 6.54 Å². The lowest BCUT2D eigenvalue weighted by molar-refractivity contribution is -0.138. The van der Waals surface area contributed by atoms with Crippen molar-refractivity contribution in [2.45, 2.75) is 26.3 Å². The number of aliphatic carboxylic acids is 1. The van der Waals surface area contributed by atoms with Crippen LogP contribution in [0.2, 0.25) is 0 Å². The van der Waals surface area contributed by atoms with Crippen LogP contribution in [0.25, 0.3) is 0 Å². The first kappa shape index (κ1) is 13.2. The molecule has 17 heavy (non-hydrogen) atoms. The zero-order valence-corrected chi connectivity index (χ0v) is 9.80. The molecule has 0 aliphatic rings. The van der Waals surface area contributed by atoms with Crippen LogP contribution in [0.4, 0.5) is 0 Å². The molecule has 1 aromatic heterocycles. The van der Waals surface area contributed by atoms with E-state index in [-0.39, 0.29) is 24.7 Å². The highest BCUT2D eigenvalue weighted by atomic mass is 16.4. The number of nitrogens with one attached hydrogen (secondary N) is 1. The number of hydrogen-bond acceptors (Lipinski definition) is 3. The Balaban J connectivity index is 2.14. The molecule has 0 spiro atoms. The number of rotatable bonds is 7. The molecule has 1 amide bonds. The lowest BCUT2D eigenvalue weighted by atomic mass is 10.0. The predicted octanol–water partition coefficient (Wildman–Crippen LogP) is 0.500. The summed E-state index contributed by atoms with van der Waals surface area (Å²) in [7, 11) is 0. The minimum absolute atomic E-state index is 0.0228. The molecule has 94 valence electrons. The average Bonchev–Trinajstić information content (AvgIpc) is 2.68. The van der Waals surface area contributed by atoms with Gasteiger partial charge in [-0.2, -0.15) is 0 Å². The Labute approximate surface area is 99.7 Å². The van der Waals surface area contributed by atoms with Crippen LogP contribution in [0.15, 0.2) is 18.7 Å². The van der Waals surface area contributed by atoms with Crippen LogP contribution in [0, 0.1) is 5.92 Å². The van der Waals surface area contributed by atoms with Gasteiger partial charge in [-0.1, -0.05) is 6.92 Å². The van der Waals surface area contributed by atoms with Crippen molar-refractivity contribution >= 4 is 11.9 Å². The van der Waals surface area contributed by atoms with Gasteiger partial charge < -0.3 is 15.0 Å². The fraction of sp³-hybridized carbons (Fsp3) is 0.545. The first-order chi connectivity index (χ1) is 8.08. The van der Waals surface area contributed by atoms with Crippen LogP contribution in [0.5, 0.6) is 0 Å². The van der Waals surface area contributed by atoms with Gasteiger partial charge in [0.2, 0.25) is 5.91 Å². The molecular formula is C11H17N3O3. The van der Waals surface area contributed by atoms with Gasteiger partial charge in [0.15, 0.2) is 0 Å². The molecule has 1 atom stereocenters. The van der Waals surface area contributed by atoms with E-state index in [1.807, 2.05) is 10.8 Å². The van der Waals surface area contributed by atoms with E-state index >= 15 is 0 Å². The van der Waals surface area contributed by atoms with E-state index in [2.05, 4.69) is 10.3 Å². The topological polar surface area (TPSA) is 84.2 Å². The molecule has 0 saturated heterocycles. The maximum Gasteiger partial charge on any atom is 0.303 e. The molecule has 0 aliphatic heterocycles. The molecule has 1 heterocycles. The van der Waals surface area contributed by atoms with Gasteiger partial charge in [0.1, 0.15) is 0 Å². The molecule has 1 rings (SSSR count). The van der Waals surface area contributed by atoms with Crippen molar-refractivity contribution < 1.29 is 14.7 Å². The quantitative estimate of drug-likeness (QED) is 0.725. The number of imidazole rings is 1. The lowest BCUT2D eigenvalue weighted by Gasteiger charge is -2.09. The number of hydrogen-bond donors (Lipinski definition) is 2. The standard InChI is InChI=1S/C11H17N3O3/c1-9(7-11(16)17)6-10(15)13-3-5-14-4-2-12-8-14/h2,4,8-9H,3,5-7H2,1H3,(H,13,15)(H,16,17). The number of amides is 1. The highest BCUT2D eigenvalue weighted by Crippen LogP contribution is 2.06. The summed E-state index contributed by atoms with van der Waals surface area (Å²) in [4.78, 5) is 25.7. The zero-order chi connectivity index (χ0) is 12.7. The predicted molar refractivity (Wildman–Crippen MR) is 61.3 cm³/mol. The Morgan fingerprint density at radius 1 is 1.47 bits per heavy atom. The summed E-state index contributed by atoms with van der Waals surface area (Å²) in [6, 6.07) is 0. The van der Waals surface area contributed by atoms with Crippen molar-refractivity contribution in [3.63, 3.8) is 0 Å². The molecule has 0 bridgehead atoms. The fourth-order valence-electron chi connectivity index (χ4n) is 1.50. The third-order valence-corrected chi connectivity index (χ3v) is 2.31. The van der Waals surface area contributed by atoms with E-state index in [4.69, 9.17) is 5.11 Å². The molecule has 2 N–H and O–H groups in total. The van der Waals surface area contributed by atoms with Crippen LogP contribution in [-0.4, -0.2) is 33.1 Å². The summed E-state index contributed by atoms with van der Waals surface area (Å²) >= 11 is 0. The Morgan fingerprint density at radius 2 is 2.24 bits per heavy atom. The molecule has 1 aromatic rings. The van der Waals surface area contributed by atoms with Crippen LogP contribution < -0.4 is 5.32 Å². The molecule has 0 fully saturated rings. The monoisotopic (exact) mass is 239 g/mol. The fourth-order valence-corrected chi connectivity index (χ4v) is 1.50. The largest absolute Gasteiger partial charge is 0.481 e. The van der Waals surface area contributed by atoms with Crippen molar-refractivity contribution in [1.82, 2.24) is 14.9 Å². The molecule has 6 heteroatoms. The number of aromatic nitrogens is 2. The van der Waals surface area contributed by atoms with E-state index in [9.17, 15) is 9.59 Å². The van der Waals surface area contributed by atoms with Gasteiger partial charge in [-0.25, -0.2) is 4.98 Å². The average molecular weight is 239 g/mol. The van der Waals surface area contributed by atoms with E-state index in [1.54, 1.807) is 19.4 Å². The molecule has 0 aliphatic carbocycles. The van der Waals surface area contributed by atoms with Crippen molar-refractivity contribution in [3.8, 4) is 0 Å². The molecule has 0 radical (unpaired) electrons. The van der Waals surface area contributed by atoms with Crippen LogP contribution in [0.3, 0.4) is 0 Å². The normalized spacial score (nSPS) is 12.1. The molecule has 0 aromatic carbocycles. The molecule has 6 nitrogen and oxygen atoms in total. The number of carbonyl (C=O) groups excluding carboxylic acids is 1. The third kappa shape index (κ3) is 5.70. The van der Waals surface area contributed by atoms with Crippen LogP contribution >= 0.6 is 0 Å². The molecule has 0 saturated carbocycles. The van der Waals surface area contributed by atoms with E-state index in [0.29, 0.717) is 13.1 Å². The van der Waals surface area contributed by atoms with E-state index in [1.165, 1.54) is 0 Å². The van der Waals surface area contributed by atoms with Crippen molar-refractivity contribution in [1.29, 1.82) is 0 Å². The SMILES string of the molecule is CC(CC(=O)O)CC(=O)NCCn1ccnc1. The Kier molecular flexibility index (Phi) is 5.19. The van der Waals surface area contributed by atoms with Crippen LogP contribution in [-0.2, 0) is 16.1 Å². The summed E-state index contributed by atoms with van der Waals surface area (Å²) in [6.45, 7) is 2.94. The highest BCUT2D eigenvalue weighted by molar-refractivity contribution is 5.77. The maximum atomic E-state index is 11.4. The van der Waals surface area contributed by atoms with Crippen molar-refractivity contribution in [2.24, 2.45) is 5.92 Å². The number of carboxylic acids is 1. The van der Waals surface area contributed by atoms with Gasteiger partial charge in [0, 0.05) is 38.3 Å². The second kappa shape index (κ2) is 6.67. The second-order valence-corrected chi connectivity index (χ2v) is 4.06. The first-order valence-electron chi connectivity index (χ1n) is 5.52. The summed E-state index contributed by atoms with van der Waals surface area (Å²) in [6.07, 6.45) is 5.44. The van der Waals surface area contributed by atoms with Crippen LogP contribution in [0.1, 0.15) is 19.8 Å². The Morgan fingerprint density at radius 3 is 2.82 bits per heavy atom. The Bertz CT molecular complexity index is 362. The Hall–Kier alpha value is -1.85. The van der Waals surface area contributed by atoms with E-state index in [0.717, 1.165) is 0 Å². The summed E-state index contributed by atoms with van der Waals surface area (Å²) in [5.41, 5.74) is 0. The number of carbonyl (C=O) groups is 2. The third-order valence-electron chi connectivity index (χ3n) is 2.31. The number of carboxylic acid groups (broad SMARTS) is 1. The first-order valence-corrected chi connectivity index (χ1v) is 5.52. The van der Waals surface area contributed by atoms with Gasteiger partial charge in [-0.05, 0) is 5.92 Å². The minimum Gasteiger partial charge on any atom is -0.481 e. The zero-order valence-electron chi connectivity index (χ0n) is 9.80. The second-order valence-electron chi connectivity index (χ2n) is 4.06. The maximum absolute atomic E-state index is 11.4. The smallest absolute Gasteiger partial charge is 0.303 e. The highest BCUT2D eigenvalue weighted by Gasteiger charge is 2.11. The van der Waals surface area contributed by atoms with Gasteiger partial charge in [-0.3, -0.25) is 9.59 Å². The van der Waals surface area contributed by atoms with E-state index < -0.39 is 5.97 Å². The number of nitrogens with zero attached hydrogens (tertiary/aromatic N) is 2. The van der Waals surface area contributed by atoms with Crippen molar-refractivity contribution in [3.05, 3.63) is 18.7 Å². The van der Waals surface area contributed by atoms with Gasteiger partial charge in [-0.15, -0.1) is 0 Å². The summed E-state index contributed by atoms with van der Waals surface area (Å²) in [5, 5.41) is 11.3. The molecule has 1 unspecified atom stereocenters. The molecular weight excluding hydrogens is 222 g/mol. The van der Waals surface area contributed by atoms with Gasteiger partial charge >= 0.3 is 5.97 Å². The lowest BCUT2D eigenvalue weighted by Crippen LogP contribution is -2.28. The minimum atomic E-state index is -0.872. The summed E-state index contributed by atoms with van der Waals surface area (Å²) in [5.74, 6) is -1.12. The van der Waals surface area contributed by atoms with Gasteiger partial charge in [0.25, 0.3) is 0 Å².